The van der Waals surface area contributed by atoms with Crippen molar-refractivity contribution in [3.63, 3.8) is 0 Å². The summed E-state index contributed by atoms with van der Waals surface area (Å²) in [5.41, 5.74) is 1.29. The van der Waals surface area contributed by atoms with Gasteiger partial charge in [0.1, 0.15) is 4.90 Å². The van der Waals surface area contributed by atoms with E-state index in [1.165, 1.54) is 11.3 Å². The van der Waals surface area contributed by atoms with E-state index >= 15 is 0 Å². The Kier molecular flexibility index (Phi) is 4.46. The van der Waals surface area contributed by atoms with Crippen LogP contribution in [0.3, 0.4) is 0 Å². The molecule has 0 bridgehead atoms. The van der Waals surface area contributed by atoms with E-state index < -0.39 is 10.0 Å². The first-order valence-corrected chi connectivity index (χ1v) is 10.2. The van der Waals surface area contributed by atoms with Crippen molar-refractivity contribution >= 4 is 50.0 Å². The van der Waals surface area contributed by atoms with E-state index in [1.807, 2.05) is 12.3 Å². The topological polar surface area (TPSA) is 59.1 Å². The van der Waals surface area contributed by atoms with Crippen LogP contribution < -0.4 is 4.72 Å². The molecule has 8 heteroatoms. The van der Waals surface area contributed by atoms with Gasteiger partial charge >= 0.3 is 0 Å². The maximum Gasteiger partial charge on any atom is 0.263 e. The lowest BCUT2D eigenvalue weighted by atomic mass is 10.3. The number of nitrogens with zero attached hydrogens (tertiary/aromatic N) is 1. The standard InChI is InChI=1S/C15H13ClN2O2S3/c1-9-15(7-14(22-9)13-8-21-10(2)17-13)23(19,20)18-12-5-3-11(16)4-6-12/h3-8,18H,1-2H3. The minimum atomic E-state index is -3.64. The molecule has 2 aromatic heterocycles. The fourth-order valence-electron chi connectivity index (χ4n) is 2.06. The number of hydrogen-bond acceptors (Lipinski definition) is 5. The van der Waals surface area contributed by atoms with Crippen molar-refractivity contribution < 1.29 is 8.42 Å². The van der Waals surface area contributed by atoms with Crippen molar-refractivity contribution in [1.82, 2.24) is 4.98 Å². The molecule has 0 saturated heterocycles. The second kappa shape index (κ2) is 6.24. The Morgan fingerprint density at radius 1 is 1.17 bits per heavy atom. The Morgan fingerprint density at radius 2 is 1.87 bits per heavy atom. The third-order valence-electron chi connectivity index (χ3n) is 3.13. The number of benzene rings is 1. The second-order valence-electron chi connectivity index (χ2n) is 4.90. The van der Waals surface area contributed by atoms with Crippen LogP contribution in [0.5, 0.6) is 0 Å². The van der Waals surface area contributed by atoms with Crippen molar-refractivity contribution in [3.05, 3.63) is 50.6 Å². The Bertz CT molecular complexity index is 944. The molecule has 3 rings (SSSR count). The lowest BCUT2D eigenvalue weighted by Gasteiger charge is -2.07. The predicted octanol–water partition coefficient (Wildman–Crippen LogP) is 4.94. The van der Waals surface area contributed by atoms with Gasteiger partial charge in [0.25, 0.3) is 10.0 Å². The highest BCUT2D eigenvalue weighted by Gasteiger charge is 2.21. The van der Waals surface area contributed by atoms with Crippen molar-refractivity contribution in [2.75, 3.05) is 4.72 Å². The lowest BCUT2D eigenvalue weighted by molar-refractivity contribution is 0.601. The number of thiazole rings is 1. The summed E-state index contributed by atoms with van der Waals surface area (Å²) in [5, 5.41) is 3.44. The van der Waals surface area contributed by atoms with Gasteiger partial charge in [-0.05, 0) is 44.2 Å². The highest BCUT2D eigenvalue weighted by Crippen LogP contribution is 2.34. The molecule has 0 saturated carbocycles. The van der Waals surface area contributed by atoms with Gasteiger partial charge in [-0.3, -0.25) is 4.72 Å². The monoisotopic (exact) mass is 384 g/mol. The number of thiophene rings is 1. The molecule has 0 aliphatic rings. The van der Waals surface area contributed by atoms with Gasteiger partial charge < -0.3 is 0 Å². The first-order valence-electron chi connectivity index (χ1n) is 6.66. The molecule has 0 spiro atoms. The van der Waals surface area contributed by atoms with Gasteiger partial charge in [0.15, 0.2) is 0 Å². The van der Waals surface area contributed by atoms with Crippen LogP contribution in [-0.4, -0.2) is 13.4 Å². The third kappa shape index (κ3) is 3.58. The molecule has 0 aliphatic carbocycles. The molecule has 1 N–H and O–H groups in total. The zero-order valence-corrected chi connectivity index (χ0v) is 15.5. The predicted molar refractivity (Wildman–Crippen MR) is 97.2 cm³/mol. The summed E-state index contributed by atoms with van der Waals surface area (Å²) >= 11 is 8.79. The molecule has 0 atom stereocenters. The third-order valence-corrected chi connectivity index (χ3v) is 6.86. The lowest BCUT2D eigenvalue weighted by Crippen LogP contribution is -2.12. The number of hydrogen-bond donors (Lipinski definition) is 1. The minimum absolute atomic E-state index is 0.276. The molecule has 2 heterocycles. The summed E-state index contributed by atoms with van der Waals surface area (Å²) < 4.78 is 27.8. The number of aromatic nitrogens is 1. The summed E-state index contributed by atoms with van der Waals surface area (Å²) in [7, 11) is -3.64. The van der Waals surface area contributed by atoms with Gasteiger partial charge in [0.05, 0.1) is 15.6 Å². The Hall–Kier alpha value is -1.41. The smallest absolute Gasteiger partial charge is 0.263 e. The molecule has 0 amide bonds. The Balaban J connectivity index is 1.94. The van der Waals surface area contributed by atoms with E-state index in [0.717, 1.165) is 20.5 Å². The summed E-state index contributed by atoms with van der Waals surface area (Å²) in [6.45, 7) is 3.72. The summed E-state index contributed by atoms with van der Waals surface area (Å²) in [6.07, 6.45) is 0. The highest BCUT2D eigenvalue weighted by atomic mass is 35.5. The SMILES string of the molecule is Cc1nc(-c2cc(S(=O)(=O)Nc3ccc(Cl)cc3)c(C)s2)cs1. The van der Waals surface area contributed by atoms with Gasteiger partial charge in [0.2, 0.25) is 0 Å². The van der Waals surface area contributed by atoms with Crippen LogP contribution in [0.1, 0.15) is 9.88 Å². The van der Waals surface area contributed by atoms with E-state index in [1.54, 1.807) is 48.6 Å². The van der Waals surface area contributed by atoms with Gasteiger partial charge in [-0.25, -0.2) is 13.4 Å². The van der Waals surface area contributed by atoms with E-state index in [4.69, 9.17) is 11.6 Å². The first kappa shape index (κ1) is 16.4. The van der Waals surface area contributed by atoms with E-state index in [2.05, 4.69) is 9.71 Å². The molecule has 23 heavy (non-hydrogen) atoms. The van der Waals surface area contributed by atoms with Gasteiger partial charge in [0, 0.05) is 21.0 Å². The maximum atomic E-state index is 12.6. The largest absolute Gasteiger partial charge is 0.280 e. The molecule has 0 unspecified atom stereocenters. The zero-order valence-electron chi connectivity index (χ0n) is 12.3. The van der Waals surface area contributed by atoms with Crippen molar-refractivity contribution in [1.29, 1.82) is 0 Å². The summed E-state index contributed by atoms with van der Waals surface area (Å²) in [6, 6.07) is 8.22. The highest BCUT2D eigenvalue weighted by molar-refractivity contribution is 7.93. The molecule has 120 valence electrons. The number of rotatable bonds is 4. The molecule has 0 radical (unpaired) electrons. The summed E-state index contributed by atoms with van der Waals surface area (Å²) in [5.74, 6) is 0. The number of nitrogens with one attached hydrogen (secondary N) is 1. The molecular weight excluding hydrogens is 372 g/mol. The van der Waals surface area contributed by atoms with E-state index in [0.29, 0.717) is 10.7 Å². The summed E-state index contributed by atoms with van der Waals surface area (Å²) in [4.78, 5) is 6.27. The molecule has 0 aliphatic heterocycles. The van der Waals surface area contributed by atoms with Gasteiger partial charge in [-0.15, -0.1) is 22.7 Å². The average molecular weight is 385 g/mol. The average Bonchev–Trinajstić information content (AvgIpc) is 3.07. The van der Waals surface area contributed by atoms with Crippen molar-refractivity contribution in [3.8, 4) is 10.6 Å². The fourth-order valence-corrected chi connectivity index (χ4v) is 5.49. The number of sulfonamides is 1. The normalized spacial score (nSPS) is 11.6. The maximum absolute atomic E-state index is 12.6. The molecule has 4 nitrogen and oxygen atoms in total. The van der Waals surface area contributed by atoms with E-state index in [-0.39, 0.29) is 4.90 Å². The Morgan fingerprint density at radius 3 is 2.48 bits per heavy atom. The minimum Gasteiger partial charge on any atom is -0.280 e. The van der Waals surface area contributed by atoms with Crippen LogP contribution in [0.25, 0.3) is 10.6 Å². The quantitative estimate of drug-likeness (QED) is 0.692. The fraction of sp³-hybridized carbons (Fsp3) is 0.133. The molecule has 3 aromatic rings. The van der Waals surface area contributed by atoms with Crippen LogP contribution >= 0.6 is 34.3 Å². The van der Waals surface area contributed by atoms with Crippen LogP contribution in [0.4, 0.5) is 5.69 Å². The van der Waals surface area contributed by atoms with Crippen molar-refractivity contribution in [2.45, 2.75) is 18.7 Å². The number of aryl methyl sites for hydroxylation is 2. The second-order valence-corrected chi connectivity index (χ2v) is 9.30. The van der Waals surface area contributed by atoms with E-state index in [9.17, 15) is 8.42 Å². The first-order chi connectivity index (χ1) is 10.8. The van der Waals surface area contributed by atoms with Crippen molar-refractivity contribution in [2.24, 2.45) is 0 Å². The van der Waals surface area contributed by atoms with Crippen LogP contribution in [0.2, 0.25) is 5.02 Å². The van der Waals surface area contributed by atoms with Crippen LogP contribution in [-0.2, 0) is 10.0 Å². The van der Waals surface area contributed by atoms with Gasteiger partial charge in [-0.2, -0.15) is 0 Å². The molecular formula is C15H13ClN2O2S3. The number of anilines is 1. The zero-order chi connectivity index (χ0) is 16.6. The Labute approximate surface area is 147 Å². The van der Waals surface area contributed by atoms with Gasteiger partial charge in [-0.1, -0.05) is 11.6 Å². The molecule has 0 fully saturated rings. The number of halogens is 1. The van der Waals surface area contributed by atoms with Crippen LogP contribution in [0.15, 0.2) is 40.6 Å². The molecule has 1 aromatic carbocycles. The van der Waals surface area contributed by atoms with Crippen LogP contribution in [0, 0.1) is 13.8 Å².